The van der Waals surface area contributed by atoms with E-state index in [1.165, 1.54) is 0 Å². The van der Waals surface area contributed by atoms with Gasteiger partial charge in [0.1, 0.15) is 5.75 Å². The Balaban J connectivity index is 2.00. The lowest BCUT2D eigenvalue weighted by atomic mass is 10.1. The quantitative estimate of drug-likeness (QED) is 0.867. The topological polar surface area (TPSA) is 32.3 Å². The molecule has 0 saturated carbocycles. The predicted molar refractivity (Wildman–Crippen MR) is 79.8 cm³/mol. The molecule has 2 nitrogen and oxygen atoms in total. The van der Waals surface area contributed by atoms with E-state index in [1.807, 2.05) is 30.3 Å². The molecule has 100 valence electrons. The highest BCUT2D eigenvalue weighted by Gasteiger charge is 2.06. The Morgan fingerprint density at radius 2 is 1.95 bits per heavy atom. The molecule has 0 saturated heterocycles. The molecule has 0 heterocycles. The van der Waals surface area contributed by atoms with Gasteiger partial charge >= 0.3 is 0 Å². The maximum atomic E-state index is 9.36. The molecule has 2 N–H and O–H groups in total. The number of hydrogen-bond donors (Lipinski definition) is 2. The normalized spacial score (nSPS) is 12.4. The average Bonchev–Trinajstić information content (AvgIpc) is 2.40. The van der Waals surface area contributed by atoms with E-state index in [1.54, 1.807) is 12.1 Å². The third-order valence-corrected chi connectivity index (χ3v) is 3.51. The van der Waals surface area contributed by atoms with Gasteiger partial charge in [-0.3, -0.25) is 0 Å². The van der Waals surface area contributed by atoms with E-state index in [0.717, 1.165) is 16.1 Å². The van der Waals surface area contributed by atoms with Crippen LogP contribution in [0.1, 0.15) is 24.1 Å². The molecule has 1 atom stereocenters. The van der Waals surface area contributed by atoms with Gasteiger partial charge in [-0.25, -0.2) is 0 Å². The van der Waals surface area contributed by atoms with Crippen LogP contribution in [0.2, 0.25) is 10.0 Å². The molecule has 0 amide bonds. The molecule has 19 heavy (non-hydrogen) atoms. The molecule has 0 aliphatic carbocycles. The summed E-state index contributed by atoms with van der Waals surface area (Å²) in [6.45, 7) is 2.75. The number of phenols is 1. The highest BCUT2D eigenvalue weighted by Crippen LogP contribution is 2.24. The fraction of sp³-hybridized carbons (Fsp3) is 0.200. The zero-order valence-electron chi connectivity index (χ0n) is 10.5. The van der Waals surface area contributed by atoms with Crippen molar-refractivity contribution in [2.24, 2.45) is 0 Å². The van der Waals surface area contributed by atoms with Crippen molar-refractivity contribution < 1.29 is 5.11 Å². The number of aromatic hydroxyl groups is 1. The molecule has 0 fully saturated rings. The molecule has 0 aliphatic heterocycles. The molecule has 0 aliphatic rings. The van der Waals surface area contributed by atoms with Gasteiger partial charge in [0.15, 0.2) is 0 Å². The van der Waals surface area contributed by atoms with Crippen LogP contribution in [-0.2, 0) is 6.54 Å². The minimum absolute atomic E-state index is 0.105. The Morgan fingerprint density at radius 3 is 2.63 bits per heavy atom. The van der Waals surface area contributed by atoms with Gasteiger partial charge in [0, 0.05) is 17.6 Å². The van der Waals surface area contributed by atoms with Crippen molar-refractivity contribution in [2.45, 2.75) is 19.5 Å². The van der Waals surface area contributed by atoms with E-state index >= 15 is 0 Å². The highest BCUT2D eigenvalue weighted by molar-refractivity contribution is 6.32. The molecule has 4 heteroatoms. The molecule has 2 aromatic carbocycles. The number of nitrogens with one attached hydrogen (secondary N) is 1. The van der Waals surface area contributed by atoms with Gasteiger partial charge in [0.05, 0.1) is 5.02 Å². The van der Waals surface area contributed by atoms with Gasteiger partial charge in [0.2, 0.25) is 0 Å². The van der Waals surface area contributed by atoms with Crippen LogP contribution < -0.4 is 5.32 Å². The molecular formula is C15H15Cl2NO. The smallest absolute Gasteiger partial charge is 0.134 e. The first-order valence-corrected chi connectivity index (χ1v) is 6.78. The predicted octanol–water partition coefficient (Wildman–Crippen LogP) is 4.55. The molecule has 1 unspecified atom stereocenters. The largest absolute Gasteiger partial charge is 0.506 e. The summed E-state index contributed by atoms with van der Waals surface area (Å²) in [6.07, 6.45) is 0. The standard InChI is InChI=1S/C15H15Cl2NO/c1-10(12-3-2-4-13(16)8-12)18-9-11-5-6-15(19)14(17)7-11/h2-8,10,18-19H,9H2,1H3. The lowest BCUT2D eigenvalue weighted by Crippen LogP contribution is -2.17. The second kappa shape index (κ2) is 6.29. The van der Waals surface area contributed by atoms with E-state index in [2.05, 4.69) is 12.2 Å². The lowest BCUT2D eigenvalue weighted by Gasteiger charge is -2.15. The molecule has 0 bridgehead atoms. The molecule has 0 spiro atoms. The molecule has 2 aromatic rings. The fourth-order valence-electron chi connectivity index (χ4n) is 1.83. The Labute approximate surface area is 123 Å². The van der Waals surface area contributed by atoms with Gasteiger partial charge in [-0.2, -0.15) is 0 Å². The van der Waals surface area contributed by atoms with Crippen molar-refractivity contribution in [1.82, 2.24) is 5.32 Å². The number of phenolic OH excluding ortho intramolecular Hbond substituents is 1. The monoisotopic (exact) mass is 295 g/mol. The van der Waals surface area contributed by atoms with Crippen molar-refractivity contribution in [1.29, 1.82) is 0 Å². The fourth-order valence-corrected chi connectivity index (χ4v) is 2.23. The lowest BCUT2D eigenvalue weighted by molar-refractivity contribution is 0.475. The molecule has 0 radical (unpaired) electrons. The van der Waals surface area contributed by atoms with E-state index < -0.39 is 0 Å². The van der Waals surface area contributed by atoms with Crippen molar-refractivity contribution in [3.8, 4) is 5.75 Å². The zero-order valence-corrected chi connectivity index (χ0v) is 12.0. The van der Waals surface area contributed by atoms with E-state index in [4.69, 9.17) is 23.2 Å². The van der Waals surface area contributed by atoms with Gasteiger partial charge in [-0.15, -0.1) is 0 Å². The average molecular weight is 296 g/mol. The summed E-state index contributed by atoms with van der Waals surface area (Å²) in [6, 6.07) is 13.2. The first-order chi connectivity index (χ1) is 9.06. The maximum absolute atomic E-state index is 9.36. The number of hydrogen-bond acceptors (Lipinski definition) is 2. The van der Waals surface area contributed by atoms with Gasteiger partial charge in [-0.05, 0) is 42.3 Å². The van der Waals surface area contributed by atoms with Crippen LogP contribution in [0.15, 0.2) is 42.5 Å². The number of benzene rings is 2. The van der Waals surface area contributed by atoms with Crippen LogP contribution in [0.25, 0.3) is 0 Å². The Morgan fingerprint density at radius 1 is 1.16 bits per heavy atom. The van der Waals surface area contributed by atoms with Gasteiger partial charge in [0.25, 0.3) is 0 Å². The van der Waals surface area contributed by atoms with Gasteiger partial charge < -0.3 is 10.4 Å². The minimum Gasteiger partial charge on any atom is -0.506 e. The molecule has 0 aromatic heterocycles. The minimum atomic E-state index is 0.105. The zero-order chi connectivity index (χ0) is 13.8. The van der Waals surface area contributed by atoms with Crippen LogP contribution in [0.3, 0.4) is 0 Å². The number of halogens is 2. The van der Waals surface area contributed by atoms with Gasteiger partial charge in [-0.1, -0.05) is 41.4 Å². The summed E-state index contributed by atoms with van der Waals surface area (Å²) in [7, 11) is 0. The van der Waals surface area contributed by atoms with E-state index in [-0.39, 0.29) is 11.8 Å². The first-order valence-electron chi connectivity index (χ1n) is 6.02. The van der Waals surface area contributed by atoms with Crippen LogP contribution in [0.5, 0.6) is 5.75 Å². The summed E-state index contributed by atoms with van der Waals surface area (Å²) >= 11 is 11.8. The van der Waals surface area contributed by atoms with Crippen molar-refractivity contribution in [3.05, 3.63) is 63.6 Å². The molecule has 2 rings (SSSR count). The summed E-state index contributed by atoms with van der Waals surface area (Å²) < 4.78 is 0. The van der Waals surface area contributed by atoms with Crippen molar-refractivity contribution in [3.63, 3.8) is 0 Å². The van der Waals surface area contributed by atoms with Crippen molar-refractivity contribution >= 4 is 23.2 Å². The molecular weight excluding hydrogens is 281 g/mol. The SMILES string of the molecule is CC(NCc1ccc(O)c(Cl)c1)c1cccc(Cl)c1. The third kappa shape index (κ3) is 3.87. The summed E-state index contributed by atoms with van der Waals surface area (Å²) in [5.41, 5.74) is 2.16. The Kier molecular flexibility index (Phi) is 4.70. The van der Waals surface area contributed by atoms with Crippen LogP contribution in [0, 0.1) is 0 Å². The summed E-state index contributed by atoms with van der Waals surface area (Å²) in [5.74, 6) is 0.105. The van der Waals surface area contributed by atoms with Crippen LogP contribution >= 0.6 is 23.2 Å². The first kappa shape index (κ1) is 14.2. The number of rotatable bonds is 4. The summed E-state index contributed by atoms with van der Waals surface area (Å²) in [5, 5.41) is 13.9. The van der Waals surface area contributed by atoms with Crippen LogP contribution in [0.4, 0.5) is 0 Å². The third-order valence-electron chi connectivity index (χ3n) is 2.97. The maximum Gasteiger partial charge on any atom is 0.134 e. The summed E-state index contributed by atoms with van der Waals surface area (Å²) in [4.78, 5) is 0. The highest BCUT2D eigenvalue weighted by atomic mass is 35.5. The Hall–Kier alpha value is -1.22. The second-order valence-electron chi connectivity index (χ2n) is 4.44. The van der Waals surface area contributed by atoms with Crippen molar-refractivity contribution in [2.75, 3.05) is 0 Å². The second-order valence-corrected chi connectivity index (χ2v) is 5.29. The Bertz CT molecular complexity index is 572. The van der Waals surface area contributed by atoms with Crippen LogP contribution in [-0.4, -0.2) is 5.11 Å². The van der Waals surface area contributed by atoms with E-state index in [9.17, 15) is 5.11 Å². The van der Waals surface area contributed by atoms with E-state index in [0.29, 0.717) is 11.6 Å².